The Labute approximate surface area is 161 Å². The van der Waals surface area contributed by atoms with E-state index in [2.05, 4.69) is 27.8 Å². The van der Waals surface area contributed by atoms with Gasteiger partial charge in [-0.15, -0.1) is 24.0 Å². The summed E-state index contributed by atoms with van der Waals surface area (Å²) in [6.07, 6.45) is 6.29. The highest BCUT2D eigenvalue weighted by Gasteiger charge is 2.23. The van der Waals surface area contributed by atoms with Crippen LogP contribution < -0.4 is 10.6 Å². The Kier molecular flexibility index (Phi) is 9.86. The van der Waals surface area contributed by atoms with Gasteiger partial charge in [0.15, 0.2) is 5.96 Å². The molecule has 134 valence electrons. The van der Waals surface area contributed by atoms with Gasteiger partial charge in [-0.05, 0) is 19.8 Å². The van der Waals surface area contributed by atoms with Crippen molar-refractivity contribution in [1.29, 1.82) is 0 Å². The van der Waals surface area contributed by atoms with E-state index >= 15 is 0 Å². The minimum atomic E-state index is -3.18. The molecule has 1 saturated heterocycles. The van der Waals surface area contributed by atoms with Crippen LogP contribution in [0.1, 0.15) is 19.8 Å². The zero-order valence-corrected chi connectivity index (χ0v) is 17.5. The van der Waals surface area contributed by atoms with Gasteiger partial charge in [0.05, 0.1) is 12.3 Å². The average Bonchev–Trinajstić information content (AvgIpc) is 3.01. The van der Waals surface area contributed by atoms with Crippen molar-refractivity contribution in [2.45, 2.75) is 25.8 Å². The van der Waals surface area contributed by atoms with E-state index in [1.807, 2.05) is 18.7 Å². The number of nitrogens with zero attached hydrogens (tertiary/aromatic N) is 2. The van der Waals surface area contributed by atoms with Crippen LogP contribution in [0.25, 0.3) is 0 Å². The van der Waals surface area contributed by atoms with E-state index in [0.717, 1.165) is 30.9 Å². The summed E-state index contributed by atoms with van der Waals surface area (Å²) in [5, 5.41) is 6.52. The Hall–Kier alpha value is -0.000000000000000111. The number of nitrogens with one attached hydrogen (secondary N) is 2. The lowest BCUT2D eigenvalue weighted by Crippen LogP contribution is -2.43. The number of hydrogen-bond acceptors (Lipinski definition) is 4. The molecule has 0 bridgehead atoms. The molecule has 0 amide bonds. The van der Waals surface area contributed by atoms with E-state index in [1.165, 1.54) is 0 Å². The third-order valence-electron chi connectivity index (χ3n) is 3.68. The molecule has 0 spiro atoms. The number of thioether (sulfide) groups is 1. The van der Waals surface area contributed by atoms with Crippen molar-refractivity contribution in [3.8, 4) is 0 Å². The lowest BCUT2D eigenvalue weighted by atomic mass is 10.2. The molecule has 0 aromatic rings. The molecule has 0 aromatic carbocycles. The summed E-state index contributed by atoms with van der Waals surface area (Å²) in [5.74, 6) is 2.57. The van der Waals surface area contributed by atoms with Gasteiger partial charge in [-0.25, -0.2) is 12.7 Å². The summed E-state index contributed by atoms with van der Waals surface area (Å²) in [4.78, 5) is 4.41. The summed E-state index contributed by atoms with van der Waals surface area (Å²) >= 11 is 1.81. The number of sulfonamides is 1. The van der Waals surface area contributed by atoms with Gasteiger partial charge in [0.1, 0.15) is 0 Å². The first-order valence-corrected chi connectivity index (χ1v) is 10.6. The Morgan fingerprint density at radius 3 is 2.57 bits per heavy atom. The number of hydrogen-bond donors (Lipinski definition) is 2. The lowest BCUT2D eigenvalue weighted by molar-refractivity contribution is 0.444. The SMILES string of the molecule is CCNC(=NCCS(=O)(=O)N1CCSCC1)NC1CC=CC1.I. The third-order valence-corrected chi connectivity index (χ3v) is 6.47. The zero-order chi connectivity index (χ0) is 15.8. The van der Waals surface area contributed by atoms with Crippen LogP contribution in [0.5, 0.6) is 0 Å². The first kappa shape index (κ1) is 21.0. The van der Waals surface area contributed by atoms with E-state index in [0.29, 0.717) is 31.6 Å². The fourth-order valence-corrected chi connectivity index (χ4v) is 4.93. The molecule has 1 heterocycles. The van der Waals surface area contributed by atoms with Crippen LogP contribution >= 0.6 is 35.7 Å². The van der Waals surface area contributed by atoms with E-state index in [1.54, 1.807) is 4.31 Å². The van der Waals surface area contributed by atoms with Gasteiger partial charge < -0.3 is 10.6 Å². The number of aliphatic imine (C=N–C) groups is 1. The van der Waals surface area contributed by atoms with E-state index in [-0.39, 0.29) is 29.7 Å². The van der Waals surface area contributed by atoms with Crippen LogP contribution in [0, 0.1) is 0 Å². The van der Waals surface area contributed by atoms with Crippen molar-refractivity contribution in [3.63, 3.8) is 0 Å². The third kappa shape index (κ3) is 7.18. The highest BCUT2D eigenvalue weighted by atomic mass is 127. The number of guanidine groups is 1. The predicted octanol–water partition coefficient (Wildman–Crippen LogP) is 1.26. The highest BCUT2D eigenvalue weighted by Crippen LogP contribution is 2.13. The smallest absolute Gasteiger partial charge is 0.215 e. The van der Waals surface area contributed by atoms with Gasteiger partial charge in [0.25, 0.3) is 0 Å². The molecule has 2 rings (SSSR count). The quantitative estimate of drug-likeness (QED) is 0.263. The molecule has 2 N–H and O–H groups in total. The summed E-state index contributed by atoms with van der Waals surface area (Å²) in [5.41, 5.74) is 0. The van der Waals surface area contributed by atoms with Gasteiger partial charge in [0, 0.05) is 37.2 Å². The molecule has 2 aliphatic rings. The molecule has 0 unspecified atom stereocenters. The van der Waals surface area contributed by atoms with Gasteiger partial charge in [0.2, 0.25) is 10.0 Å². The predicted molar refractivity (Wildman–Crippen MR) is 109 cm³/mol. The van der Waals surface area contributed by atoms with Crippen LogP contribution in [0.2, 0.25) is 0 Å². The second-order valence-electron chi connectivity index (χ2n) is 5.37. The molecule has 1 aliphatic heterocycles. The molecule has 9 heteroatoms. The second-order valence-corrected chi connectivity index (χ2v) is 8.69. The molecule has 1 aliphatic carbocycles. The summed E-state index contributed by atoms with van der Waals surface area (Å²) < 4.78 is 26.1. The maximum absolute atomic E-state index is 12.3. The van der Waals surface area contributed by atoms with Crippen molar-refractivity contribution >= 4 is 51.7 Å². The van der Waals surface area contributed by atoms with Crippen LogP contribution in [-0.2, 0) is 10.0 Å². The van der Waals surface area contributed by atoms with Crippen LogP contribution in [0.3, 0.4) is 0 Å². The molecule has 0 aromatic heterocycles. The van der Waals surface area contributed by atoms with Crippen molar-refractivity contribution in [3.05, 3.63) is 12.2 Å². The van der Waals surface area contributed by atoms with E-state index in [9.17, 15) is 8.42 Å². The molecular weight excluding hydrogens is 447 g/mol. The lowest BCUT2D eigenvalue weighted by Gasteiger charge is -2.25. The zero-order valence-electron chi connectivity index (χ0n) is 13.5. The molecular formula is C14H27IN4O2S2. The van der Waals surface area contributed by atoms with Crippen molar-refractivity contribution in [1.82, 2.24) is 14.9 Å². The highest BCUT2D eigenvalue weighted by molar-refractivity contribution is 14.0. The largest absolute Gasteiger partial charge is 0.357 e. The molecule has 0 saturated carbocycles. The van der Waals surface area contributed by atoms with Crippen molar-refractivity contribution in [2.24, 2.45) is 4.99 Å². The van der Waals surface area contributed by atoms with Crippen LogP contribution in [0.15, 0.2) is 17.1 Å². The molecule has 1 fully saturated rings. The number of rotatable bonds is 6. The average molecular weight is 474 g/mol. The minimum absolute atomic E-state index is 0. The van der Waals surface area contributed by atoms with Gasteiger partial charge >= 0.3 is 0 Å². The Balaban J connectivity index is 0.00000264. The van der Waals surface area contributed by atoms with E-state index < -0.39 is 10.0 Å². The Morgan fingerprint density at radius 1 is 1.30 bits per heavy atom. The normalized spacial score (nSPS) is 20.3. The molecule has 6 nitrogen and oxygen atoms in total. The van der Waals surface area contributed by atoms with Crippen molar-refractivity contribution < 1.29 is 8.42 Å². The second kappa shape index (κ2) is 10.8. The Morgan fingerprint density at radius 2 is 1.96 bits per heavy atom. The van der Waals surface area contributed by atoms with E-state index in [4.69, 9.17) is 0 Å². The monoisotopic (exact) mass is 474 g/mol. The fraction of sp³-hybridized carbons (Fsp3) is 0.786. The minimum Gasteiger partial charge on any atom is -0.357 e. The van der Waals surface area contributed by atoms with Crippen LogP contribution in [-0.4, -0.2) is 68.2 Å². The molecule has 23 heavy (non-hydrogen) atoms. The van der Waals surface area contributed by atoms with Gasteiger partial charge in [-0.2, -0.15) is 11.8 Å². The standard InChI is InChI=1S/C14H26N4O2S2.HI/c1-2-15-14(17-13-5-3-4-6-13)16-7-12-22(19,20)18-8-10-21-11-9-18;/h3-4,13H,2,5-12H2,1H3,(H2,15,16,17);1H. The number of halogens is 1. The molecule has 0 atom stereocenters. The van der Waals surface area contributed by atoms with Crippen LogP contribution in [0.4, 0.5) is 0 Å². The maximum atomic E-state index is 12.3. The topological polar surface area (TPSA) is 73.8 Å². The Bertz CT molecular complexity index is 497. The van der Waals surface area contributed by atoms with Gasteiger partial charge in [-0.3, -0.25) is 4.99 Å². The molecule has 0 radical (unpaired) electrons. The summed E-state index contributed by atoms with van der Waals surface area (Å²) in [7, 11) is -3.18. The van der Waals surface area contributed by atoms with Gasteiger partial charge in [-0.1, -0.05) is 12.2 Å². The maximum Gasteiger partial charge on any atom is 0.215 e. The fourth-order valence-electron chi connectivity index (χ4n) is 2.48. The first-order chi connectivity index (χ1) is 10.6. The van der Waals surface area contributed by atoms with Crippen molar-refractivity contribution in [2.75, 3.05) is 43.4 Å². The summed E-state index contributed by atoms with van der Waals surface area (Å²) in [6, 6.07) is 0.369. The first-order valence-electron chi connectivity index (χ1n) is 7.87. The summed E-state index contributed by atoms with van der Waals surface area (Å²) in [6.45, 7) is 4.32.